The maximum absolute atomic E-state index is 5.56. The molecule has 0 aromatic carbocycles. The first-order valence-corrected chi connectivity index (χ1v) is 4.22. The van der Waals surface area contributed by atoms with E-state index in [-0.39, 0.29) is 0 Å². The summed E-state index contributed by atoms with van der Waals surface area (Å²) < 4.78 is 0. The van der Waals surface area contributed by atoms with Gasteiger partial charge in [0.2, 0.25) is 0 Å². The van der Waals surface area contributed by atoms with Crippen LogP contribution in [0.2, 0.25) is 0 Å². The Morgan fingerprint density at radius 3 is 2.22 bits per heavy atom. The van der Waals surface area contributed by atoms with Gasteiger partial charge >= 0.3 is 0 Å². The van der Waals surface area contributed by atoms with Crippen molar-refractivity contribution >= 4 is 11.6 Å². The highest BCUT2D eigenvalue weighted by Crippen LogP contribution is 2.25. The van der Waals surface area contributed by atoms with E-state index in [0.29, 0.717) is 5.41 Å². The first-order valence-electron chi connectivity index (χ1n) is 3.68. The fourth-order valence-electron chi connectivity index (χ4n) is 0.722. The van der Waals surface area contributed by atoms with Crippen molar-refractivity contribution in [2.24, 2.45) is 5.41 Å². The SMILES string of the molecule is CCC(C)(C)CCCCl. The summed E-state index contributed by atoms with van der Waals surface area (Å²) in [5.41, 5.74) is 0.509. The third kappa shape index (κ3) is 4.77. The van der Waals surface area contributed by atoms with Gasteiger partial charge in [-0.15, -0.1) is 11.6 Å². The van der Waals surface area contributed by atoms with Crippen LogP contribution in [-0.2, 0) is 0 Å². The normalized spacial score (nSPS) is 12.0. The first kappa shape index (κ1) is 9.29. The van der Waals surface area contributed by atoms with Crippen LogP contribution < -0.4 is 0 Å². The summed E-state index contributed by atoms with van der Waals surface area (Å²) in [5.74, 6) is 0.809. The average Bonchev–Trinajstić information content (AvgIpc) is 1.84. The van der Waals surface area contributed by atoms with Crippen molar-refractivity contribution in [2.45, 2.75) is 40.0 Å². The van der Waals surface area contributed by atoms with Crippen LogP contribution in [0.5, 0.6) is 0 Å². The fraction of sp³-hybridized carbons (Fsp3) is 1.00. The lowest BCUT2D eigenvalue weighted by atomic mass is 9.86. The minimum Gasteiger partial charge on any atom is -0.127 e. The van der Waals surface area contributed by atoms with Gasteiger partial charge in [-0.3, -0.25) is 0 Å². The molecule has 0 atom stereocenters. The van der Waals surface area contributed by atoms with Crippen LogP contribution in [0.15, 0.2) is 0 Å². The van der Waals surface area contributed by atoms with Gasteiger partial charge in [0.25, 0.3) is 0 Å². The molecule has 0 aromatic heterocycles. The Morgan fingerprint density at radius 2 is 1.89 bits per heavy atom. The second kappa shape index (κ2) is 4.16. The van der Waals surface area contributed by atoms with Gasteiger partial charge in [-0.2, -0.15) is 0 Å². The van der Waals surface area contributed by atoms with Gasteiger partial charge in [0.1, 0.15) is 0 Å². The van der Waals surface area contributed by atoms with Crippen LogP contribution in [0.3, 0.4) is 0 Å². The van der Waals surface area contributed by atoms with E-state index in [2.05, 4.69) is 20.8 Å². The summed E-state index contributed by atoms with van der Waals surface area (Å²) in [7, 11) is 0. The third-order valence-electron chi connectivity index (χ3n) is 1.94. The summed E-state index contributed by atoms with van der Waals surface area (Å²) in [6.07, 6.45) is 3.67. The molecule has 0 bridgehead atoms. The molecule has 0 fully saturated rings. The molecule has 0 heterocycles. The minimum absolute atomic E-state index is 0.509. The molecule has 0 aliphatic rings. The van der Waals surface area contributed by atoms with Crippen molar-refractivity contribution in [2.75, 3.05) is 5.88 Å². The van der Waals surface area contributed by atoms with E-state index in [1.165, 1.54) is 12.8 Å². The molecule has 0 N–H and O–H groups in total. The number of hydrogen-bond donors (Lipinski definition) is 0. The van der Waals surface area contributed by atoms with Gasteiger partial charge in [-0.25, -0.2) is 0 Å². The highest BCUT2D eigenvalue weighted by molar-refractivity contribution is 6.17. The molecule has 1 heteroatoms. The van der Waals surface area contributed by atoms with Crippen LogP contribution in [-0.4, -0.2) is 5.88 Å². The van der Waals surface area contributed by atoms with Gasteiger partial charge in [0.05, 0.1) is 0 Å². The van der Waals surface area contributed by atoms with Crippen molar-refractivity contribution < 1.29 is 0 Å². The highest BCUT2D eigenvalue weighted by Gasteiger charge is 2.12. The maximum atomic E-state index is 5.56. The molecule has 0 saturated heterocycles. The van der Waals surface area contributed by atoms with Crippen molar-refractivity contribution in [3.05, 3.63) is 0 Å². The molecular formula is C8H17Cl. The molecule has 0 aliphatic carbocycles. The Kier molecular flexibility index (Phi) is 4.29. The molecule has 0 rings (SSSR count). The largest absolute Gasteiger partial charge is 0.127 e. The summed E-state index contributed by atoms with van der Waals surface area (Å²) in [6, 6.07) is 0. The van der Waals surface area contributed by atoms with E-state index in [9.17, 15) is 0 Å². The Balaban J connectivity index is 3.33. The van der Waals surface area contributed by atoms with Gasteiger partial charge in [0, 0.05) is 5.88 Å². The molecule has 56 valence electrons. The van der Waals surface area contributed by atoms with E-state index >= 15 is 0 Å². The van der Waals surface area contributed by atoms with Crippen LogP contribution >= 0.6 is 11.6 Å². The monoisotopic (exact) mass is 148 g/mol. The molecular weight excluding hydrogens is 132 g/mol. The van der Waals surface area contributed by atoms with E-state index in [0.717, 1.165) is 12.3 Å². The second-order valence-corrected chi connectivity index (χ2v) is 3.69. The maximum Gasteiger partial charge on any atom is 0.0223 e. The lowest BCUT2D eigenvalue weighted by Crippen LogP contribution is -2.08. The fourth-order valence-corrected chi connectivity index (χ4v) is 0.856. The lowest BCUT2D eigenvalue weighted by molar-refractivity contribution is 0.319. The molecule has 0 unspecified atom stereocenters. The van der Waals surface area contributed by atoms with Crippen LogP contribution in [0.4, 0.5) is 0 Å². The Hall–Kier alpha value is 0.290. The van der Waals surface area contributed by atoms with Gasteiger partial charge < -0.3 is 0 Å². The number of rotatable bonds is 4. The smallest absolute Gasteiger partial charge is 0.0223 e. The Labute approximate surface area is 63.6 Å². The topological polar surface area (TPSA) is 0 Å². The van der Waals surface area contributed by atoms with E-state index in [1.807, 2.05) is 0 Å². The van der Waals surface area contributed by atoms with Crippen molar-refractivity contribution in [3.63, 3.8) is 0 Å². The summed E-state index contributed by atoms with van der Waals surface area (Å²) in [6.45, 7) is 6.81. The predicted octanol–water partition coefficient (Wildman–Crippen LogP) is 3.44. The Bertz CT molecular complexity index is 67.0. The number of alkyl halides is 1. The van der Waals surface area contributed by atoms with E-state index < -0.39 is 0 Å². The average molecular weight is 149 g/mol. The molecule has 0 aliphatic heterocycles. The summed E-state index contributed by atoms with van der Waals surface area (Å²) in [4.78, 5) is 0. The van der Waals surface area contributed by atoms with E-state index in [1.54, 1.807) is 0 Å². The zero-order chi connectivity index (χ0) is 7.33. The van der Waals surface area contributed by atoms with Crippen LogP contribution in [0.25, 0.3) is 0 Å². The van der Waals surface area contributed by atoms with Crippen molar-refractivity contribution in [1.29, 1.82) is 0 Å². The zero-order valence-corrected chi connectivity index (χ0v) is 7.46. The van der Waals surface area contributed by atoms with Gasteiger partial charge in [-0.05, 0) is 18.3 Å². The number of hydrogen-bond acceptors (Lipinski definition) is 0. The summed E-state index contributed by atoms with van der Waals surface area (Å²) in [5, 5.41) is 0. The minimum atomic E-state index is 0.509. The molecule has 9 heavy (non-hydrogen) atoms. The highest BCUT2D eigenvalue weighted by atomic mass is 35.5. The molecule has 0 nitrogen and oxygen atoms in total. The predicted molar refractivity (Wildman–Crippen MR) is 44.0 cm³/mol. The second-order valence-electron chi connectivity index (χ2n) is 3.31. The van der Waals surface area contributed by atoms with Gasteiger partial charge in [-0.1, -0.05) is 27.2 Å². The van der Waals surface area contributed by atoms with E-state index in [4.69, 9.17) is 11.6 Å². The molecule has 0 aromatic rings. The first-order chi connectivity index (χ1) is 4.12. The van der Waals surface area contributed by atoms with Crippen molar-refractivity contribution in [1.82, 2.24) is 0 Å². The van der Waals surface area contributed by atoms with Gasteiger partial charge in [0.15, 0.2) is 0 Å². The van der Waals surface area contributed by atoms with Crippen LogP contribution in [0, 0.1) is 5.41 Å². The molecule has 0 saturated carbocycles. The molecule has 0 amide bonds. The quantitative estimate of drug-likeness (QED) is 0.536. The third-order valence-corrected chi connectivity index (χ3v) is 2.21. The van der Waals surface area contributed by atoms with Crippen LogP contribution in [0.1, 0.15) is 40.0 Å². The number of halogens is 1. The molecule has 0 radical (unpaired) electrons. The molecule has 0 spiro atoms. The van der Waals surface area contributed by atoms with Crippen molar-refractivity contribution in [3.8, 4) is 0 Å². The summed E-state index contributed by atoms with van der Waals surface area (Å²) >= 11 is 5.56. The lowest BCUT2D eigenvalue weighted by Gasteiger charge is -2.21. The standard InChI is InChI=1S/C8H17Cl/c1-4-8(2,3)6-5-7-9/h4-7H2,1-3H3. The Morgan fingerprint density at radius 1 is 1.33 bits per heavy atom. The zero-order valence-electron chi connectivity index (χ0n) is 6.71.